The first-order chi connectivity index (χ1) is 9.83. The van der Waals surface area contributed by atoms with Gasteiger partial charge in [-0.25, -0.2) is 0 Å². The van der Waals surface area contributed by atoms with Crippen molar-refractivity contribution >= 4 is 0 Å². The summed E-state index contributed by atoms with van der Waals surface area (Å²) in [7, 11) is 0. The van der Waals surface area contributed by atoms with Crippen molar-refractivity contribution in [3.05, 3.63) is 30.7 Å². The molecule has 1 radical (unpaired) electrons. The zero-order chi connectivity index (χ0) is 14.6. The van der Waals surface area contributed by atoms with Gasteiger partial charge in [0.2, 0.25) is 0 Å². The third kappa shape index (κ3) is 5.85. The van der Waals surface area contributed by atoms with Crippen LogP contribution in [0.4, 0.5) is 0 Å². The average Bonchev–Trinajstić information content (AvgIpc) is 2.48. The van der Waals surface area contributed by atoms with Gasteiger partial charge >= 0.3 is 0 Å². The first kappa shape index (κ1) is 16.9. The predicted octanol–water partition coefficient (Wildman–Crippen LogP) is 5.20. The van der Waals surface area contributed by atoms with Gasteiger partial charge in [0.1, 0.15) is 0 Å². The monoisotopic (exact) mass is 277 g/mol. The molecule has 0 aromatic heterocycles. The Labute approximate surface area is 124 Å². The highest BCUT2D eigenvalue weighted by Gasteiger charge is 2.09. The maximum Gasteiger partial charge on any atom is 0.164 e. The van der Waals surface area contributed by atoms with Crippen molar-refractivity contribution in [2.24, 2.45) is 0 Å². The molecule has 0 saturated carbocycles. The van der Waals surface area contributed by atoms with Crippen molar-refractivity contribution in [2.75, 3.05) is 13.2 Å². The largest absolute Gasteiger partial charge is 0.490 e. The molecule has 1 aromatic rings. The first-order valence-corrected chi connectivity index (χ1v) is 8.00. The molecular formula is C18H29O2. The number of para-hydroxylation sites is 1. The van der Waals surface area contributed by atoms with Gasteiger partial charge in [-0.2, -0.15) is 0 Å². The van der Waals surface area contributed by atoms with E-state index in [1.54, 1.807) is 0 Å². The van der Waals surface area contributed by atoms with Crippen molar-refractivity contribution < 1.29 is 9.47 Å². The second-order valence-electron chi connectivity index (χ2n) is 5.11. The summed E-state index contributed by atoms with van der Waals surface area (Å²) >= 11 is 0. The second-order valence-corrected chi connectivity index (χ2v) is 5.11. The maximum absolute atomic E-state index is 5.95. The van der Waals surface area contributed by atoms with E-state index >= 15 is 0 Å². The van der Waals surface area contributed by atoms with Gasteiger partial charge in [0, 0.05) is 0 Å². The van der Waals surface area contributed by atoms with Crippen molar-refractivity contribution in [1.29, 1.82) is 0 Å². The molecule has 0 aliphatic carbocycles. The minimum absolute atomic E-state index is 0.731. The molecule has 0 atom stereocenters. The third-order valence-electron chi connectivity index (χ3n) is 3.33. The Morgan fingerprint density at radius 3 is 2.15 bits per heavy atom. The van der Waals surface area contributed by atoms with E-state index in [1.807, 2.05) is 12.1 Å². The summed E-state index contributed by atoms with van der Waals surface area (Å²) in [6.45, 7) is 9.90. The lowest BCUT2D eigenvalue weighted by atomic mass is 10.1. The Morgan fingerprint density at radius 1 is 0.900 bits per heavy atom. The quantitative estimate of drug-likeness (QED) is 0.517. The molecule has 0 fully saturated rings. The summed E-state index contributed by atoms with van der Waals surface area (Å²) in [5.74, 6) is 1.77. The highest BCUT2D eigenvalue weighted by atomic mass is 16.5. The van der Waals surface area contributed by atoms with Crippen LogP contribution in [0.25, 0.3) is 0 Å². The van der Waals surface area contributed by atoms with Gasteiger partial charge < -0.3 is 9.47 Å². The van der Waals surface area contributed by atoms with E-state index in [4.69, 9.17) is 9.47 Å². The third-order valence-corrected chi connectivity index (χ3v) is 3.33. The number of ether oxygens (including phenoxy) is 2. The van der Waals surface area contributed by atoms with E-state index in [2.05, 4.69) is 26.8 Å². The van der Waals surface area contributed by atoms with E-state index in [0.717, 1.165) is 49.5 Å². The normalized spacial score (nSPS) is 10.6. The SMILES string of the molecule is [CH2]Cc1cccc(OCCCCC)c1OCCCCC. The Hall–Kier alpha value is -1.18. The average molecular weight is 277 g/mol. The molecule has 0 aliphatic rings. The number of hydrogen-bond acceptors (Lipinski definition) is 2. The number of unbranched alkanes of at least 4 members (excludes halogenated alkanes) is 4. The highest BCUT2D eigenvalue weighted by Crippen LogP contribution is 2.32. The summed E-state index contributed by atoms with van der Waals surface area (Å²) in [4.78, 5) is 0. The highest BCUT2D eigenvalue weighted by molar-refractivity contribution is 5.47. The lowest BCUT2D eigenvalue weighted by Gasteiger charge is -2.16. The molecule has 113 valence electrons. The molecule has 0 amide bonds. The maximum atomic E-state index is 5.95. The summed E-state index contributed by atoms with van der Waals surface area (Å²) in [5, 5.41) is 0. The van der Waals surface area contributed by atoms with Crippen molar-refractivity contribution in [1.82, 2.24) is 0 Å². The zero-order valence-electron chi connectivity index (χ0n) is 13.1. The molecule has 2 heteroatoms. The number of rotatable bonds is 11. The fourth-order valence-corrected chi connectivity index (χ4v) is 2.10. The lowest BCUT2D eigenvalue weighted by molar-refractivity contribution is 0.258. The van der Waals surface area contributed by atoms with Crippen LogP contribution in [0, 0.1) is 6.92 Å². The topological polar surface area (TPSA) is 18.5 Å². The summed E-state index contributed by atoms with van der Waals surface area (Å²) in [6, 6.07) is 6.09. The molecule has 0 heterocycles. The van der Waals surface area contributed by atoms with Crippen LogP contribution in [0.1, 0.15) is 57.9 Å². The van der Waals surface area contributed by atoms with E-state index < -0.39 is 0 Å². The van der Waals surface area contributed by atoms with Crippen molar-refractivity contribution in [2.45, 2.75) is 58.8 Å². The van der Waals surface area contributed by atoms with Crippen LogP contribution in [-0.4, -0.2) is 13.2 Å². The van der Waals surface area contributed by atoms with Crippen LogP contribution in [0.3, 0.4) is 0 Å². The van der Waals surface area contributed by atoms with Crippen LogP contribution in [0.15, 0.2) is 18.2 Å². The van der Waals surface area contributed by atoms with Gasteiger partial charge in [0.15, 0.2) is 11.5 Å². The van der Waals surface area contributed by atoms with E-state index in [1.165, 1.54) is 25.7 Å². The minimum Gasteiger partial charge on any atom is -0.490 e. The van der Waals surface area contributed by atoms with Crippen molar-refractivity contribution in [3.63, 3.8) is 0 Å². The van der Waals surface area contributed by atoms with Crippen LogP contribution in [-0.2, 0) is 6.42 Å². The standard InChI is InChI=1S/C18H29O2/c1-4-7-9-14-19-17-13-11-12-16(6-3)18(17)20-15-10-8-5-2/h11-13H,3-10,14-15H2,1-2H3. The van der Waals surface area contributed by atoms with Gasteiger partial charge in [-0.1, -0.05) is 51.7 Å². The van der Waals surface area contributed by atoms with E-state index in [-0.39, 0.29) is 0 Å². The molecule has 0 bridgehead atoms. The summed E-state index contributed by atoms with van der Waals surface area (Å²) < 4.78 is 11.8. The van der Waals surface area contributed by atoms with Crippen molar-refractivity contribution in [3.8, 4) is 11.5 Å². The fourth-order valence-electron chi connectivity index (χ4n) is 2.10. The van der Waals surface area contributed by atoms with Gasteiger partial charge in [-0.05, 0) is 37.8 Å². The van der Waals surface area contributed by atoms with Crippen LogP contribution in [0.2, 0.25) is 0 Å². The molecule has 1 rings (SSSR count). The molecule has 20 heavy (non-hydrogen) atoms. The minimum atomic E-state index is 0.731. The Morgan fingerprint density at radius 2 is 1.55 bits per heavy atom. The smallest absolute Gasteiger partial charge is 0.164 e. The molecule has 2 nitrogen and oxygen atoms in total. The molecular weight excluding hydrogens is 248 g/mol. The molecule has 1 aromatic carbocycles. The fraction of sp³-hybridized carbons (Fsp3) is 0.611. The Balaban J connectivity index is 2.61. The number of benzene rings is 1. The van der Waals surface area contributed by atoms with Gasteiger partial charge in [0.25, 0.3) is 0 Å². The number of hydrogen-bond donors (Lipinski definition) is 0. The summed E-state index contributed by atoms with van der Waals surface area (Å²) in [6.07, 6.45) is 7.76. The Bertz CT molecular complexity index is 360. The molecule has 0 spiro atoms. The van der Waals surface area contributed by atoms with E-state index in [0.29, 0.717) is 0 Å². The molecule has 0 unspecified atom stereocenters. The van der Waals surface area contributed by atoms with Gasteiger partial charge in [0.05, 0.1) is 13.2 Å². The first-order valence-electron chi connectivity index (χ1n) is 8.00. The second kappa shape index (κ2) is 10.6. The molecule has 0 N–H and O–H groups in total. The Kier molecular flexibility index (Phi) is 8.93. The van der Waals surface area contributed by atoms with E-state index in [9.17, 15) is 0 Å². The summed E-state index contributed by atoms with van der Waals surface area (Å²) in [5.41, 5.74) is 1.13. The van der Waals surface area contributed by atoms with Crippen LogP contribution < -0.4 is 9.47 Å². The van der Waals surface area contributed by atoms with Crippen LogP contribution >= 0.6 is 0 Å². The molecule has 0 saturated heterocycles. The van der Waals surface area contributed by atoms with Gasteiger partial charge in [-0.15, -0.1) is 0 Å². The predicted molar refractivity (Wildman–Crippen MR) is 85.5 cm³/mol. The molecule has 0 aliphatic heterocycles. The van der Waals surface area contributed by atoms with Crippen LogP contribution in [0.5, 0.6) is 11.5 Å². The van der Waals surface area contributed by atoms with Gasteiger partial charge in [-0.3, -0.25) is 0 Å². The lowest BCUT2D eigenvalue weighted by Crippen LogP contribution is -2.04. The zero-order valence-corrected chi connectivity index (χ0v) is 13.1.